The Morgan fingerprint density at radius 1 is 1.32 bits per heavy atom. The fourth-order valence-electron chi connectivity index (χ4n) is 3.35. The minimum atomic E-state index is -0.648. The smallest absolute Gasteiger partial charge is 0.414 e. The number of carbonyl (C=O) groups excluding carboxylic acids is 2. The Morgan fingerprint density at radius 3 is 2.74 bits per heavy atom. The van der Waals surface area contributed by atoms with Crippen LogP contribution in [0.15, 0.2) is 36.5 Å². The van der Waals surface area contributed by atoms with Crippen LogP contribution in [0.25, 0.3) is 22.6 Å². The number of aryl methyl sites for hydroxylation is 1. The summed E-state index contributed by atoms with van der Waals surface area (Å²) in [5.41, 5.74) is 5.50. The summed E-state index contributed by atoms with van der Waals surface area (Å²) in [6.07, 6.45) is 0.237. The van der Waals surface area contributed by atoms with Gasteiger partial charge < -0.3 is 15.2 Å². The summed E-state index contributed by atoms with van der Waals surface area (Å²) in [6, 6.07) is 7.33. The van der Waals surface area contributed by atoms with Crippen molar-refractivity contribution in [3.63, 3.8) is 0 Å². The van der Waals surface area contributed by atoms with Gasteiger partial charge in [-0.05, 0) is 29.5 Å². The Kier molecular flexibility index (Phi) is 6.50. The van der Waals surface area contributed by atoms with Crippen LogP contribution in [0.4, 0.5) is 14.9 Å². The number of cyclic esters (lactones) is 1. The largest absolute Gasteiger partial charge is 0.457 e. The van der Waals surface area contributed by atoms with Gasteiger partial charge in [0.25, 0.3) is 0 Å². The van der Waals surface area contributed by atoms with Crippen molar-refractivity contribution < 1.29 is 29.2 Å². The third-order valence-corrected chi connectivity index (χ3v) is 5.47. The van der Waals surface area contributed by atoms with E-state index >= 15 is 0 Å². The number of nitrogens with zero attached hydrogens (tertiary/aromatic N) is 6. The number of benzene rings is 1. The van der Waals surface area contributed by atoms with Crippen LogP contribution < -0.4 is 10.6 Å². The molecule has 0 bridgehead atoms. The molecule has 1 aliphatic rings. The number of halogens is 1. The van der Waals surface area contributed by atoms with E-state index < -0.39 is 30.0 Å². The van der Waals surface area contributed by atoms with Crippen molar-refractivity contribution in [2.24, 2.45) is 13.0 Å². The second kappa shape index (κ2) is 9.51. The molecule has 2 atom stereocenters. The van der Waals surface area contributed by atoms with Gasteiger partial charge in [-0.1, -0.05) is 19.9 Å². The van der Waals surface area contributed by atoms with E-state index in [1.807, 2.05) is 13.8 Å². The molecule has 1 amide bonds. The molecule has 0 aliphatic carbocycles. The highest BCUT2D eigenvalue weighted by molar-refractivity contribution is 5.90. The van der Waals surface area contributed by atoms with Gasteiger partial charge in [0.1, 0.15) is 18.1 Å². The van der Waals surface area contributed by atoms with Crippen molar-refractivity contribution in [1.29, 1.82) is 0 Å². The van der Waals surface area contributed by atoms with Crippen LogP contribution in [-0.4, -0.2) is 62.6 Å². The second-order valence-corrected chi connectivity index (χ2v) is 8.30. The maximum absolute atomic E-state index is 14.9. The van der Waals surface area contributed by atoms with Crippen molar-refractivity contribution in [2.75, 3.05) is 18.1 Å². The Morgan fingerprint density at radius 2 is 2.12 bits per heavy atom. The van der Waals surface area contributed by atoms with E-state index in [0.717, 1.165) is 0 Å². The predicted molar refractivity (Wildman–Crippen MR) is 118 cm³/mol. The fourth-order valence-corrected chi connectivity index (χ4v) is 3.35. The summed E-state index contributed by atoms with van der Waals surface area (Å²) in [6.45, 7) is 3.79. The molecule has 0 saturated carbocycles. The van der Waals surface area contributed by atoms with Crippen molar-refractivity contribution in [1.82, 2.24) is 25.2 Å². The maximum atomic E-state index is 14.9. The molecule has 1 aromatic carbocycles. The number of anilines is 1. The number of quaternary nitrogens is 1. The number of hydrogen-bond acceptors (Lipinski definition) is 8. The summed E-state index contributed by atoms with van der Waals surface area (Å²) in [4.78, 5) is 31.2. The number of esters is 1. The molecule has 2 unspecified atom stereocenters. The molecule has 11 nitrogen and oxygen atoms in total. The molecule has 34 heavy (non-hydrogen) atoms. The average Bonchev–Trinajstić information content (AvgIpc) is 3.42. The van der Waals surface area contributed by atoms with Crippen molar-refractivity contribution in [2.45, 2.75) is 26.0 Å². The van der Waals surface area contributed by atoms with Gasteiger partial charge in [-0.2, -0.15) is 4.80 Å². The number of tetrazole rings is 1. The zero-order valence-corrected chi connectivity index (χ0v) is 19.0. The zero-order chi connectivity index (χ0) is 24.4. The lowest BCUT2D eigenvalue weighted by atomic mass is 10.1. The van der Waals surface area contributed by atoms with Gasteiger partial charge in [0, 0.05) is 23.2 Å². The maximum Gasteiger partial charge on any atom is 0.414 e. The molecule has 1 fully saturated rings. The Bertz CT molecular complexity index is 1200. The number of hydrogen-bond donors (Lipinski definition) is 1. The lowest BCUT2D eigenvalue weighted by Gasteiger charge is -2.15. The van der Waals surface area contributed by atoms with Gasteiger partial charge >= 0.3 is 12.1 Å². The van der Waals surface area contributed by atoms with E-state index in [1.54, 1.807) is 31.3 Å². The molecule has 178 valence electrons. The molecule has 1 aliphatic heterocycles. The minimum absolute atomic E-state index is 0.0340. The van der Waals surface area contributed by atoms with Gasteiger partial charge in [-0.15, -0.1) is 10.2 Å². The molecular weight excluding hydrogens is 445 g/mol. The molecule has 4 rings (SSSR count). The van der Waals surface area contributed by atoms with Gasteiger partial charge in [0.05, 0.1) is 19.3 Å². The second-order valence-electron chi connectivity index (χ2n) is 8.30. The van der Waals surface area contributed by atoms with E-state index in [2.05, 4.69) is 26.1 Å². The first kappa shape index (κ1) is 23.2. The zero-order valence-electron chi connectivity index (χ0n) is 19.0. The minimum Gasteiger partial charge on any atom is -0.457 e. The van der Waals surface area contributed by atoms with Gasteiger partial charge in [-0.25, -0.2) is 14.0 Å². The van der Waals surface area contributed by atoms with E-state index in [0.29, 0.717) is 28.3 Å². The lowest BCUT2D eigenvalue weighted by Crippen LogP contribution is -2.67. The number of rotatable bonds is 7. The van der Waals surface area contributed by atoms with Crippen molar-refractivity contribution >= 4 is 17.7 Å². The number of pyridine rings is 1. The summed E-state index contributed by atoms with van der Waals surface area (Å²) in [5.74, 6) is -0.571. The number of ether oxygens (including phenoxy) is 2. The Hall–Kier alpha value is -3.93. The predicted octanol–water partition coefficient (Wildman–Crippen LogP) is 1.21. The molecule has 3 N–H and O–H groups in total. The summed E-state index contributed by atoms with van der Waals surface area (Å²) in [7, 11) is 1.65. The monoisotopic (exact) mass is 470 g/mol. The summed E-state index contributed by atoms with van der Waals surface area (Å²) in [5, 5.41) is 11.8. The third-order valence-electron chi connectivity index (χ3n) is 5.47. The van der Waals surface area contributed by atoms with E-state index in [4.69, 9.17) is 9.47 Å². The molecule has 2 aromatic heterocycles. The van der Waals surface area contributed by atoms with E-state index in [1.165, 1.54) is 22.0 Å². The Balaban J connectivity index is 1.43. The SMILES string of the molecule is CC(C)C([NH3+])C(=O)OCC1CN(c2ccc(-c3ccc(-c4nnn(C)n4)nc3)c(F)c2)C(=O)O1. The van der Waals surface area contributed by atoms with Crippen molar-refractivity contribution in [3.8, 4) is 22.6 Å². The number of aromatic nitrogens is 5. The molecule has 0 spiro atoms. The lowest BCUT2D eigenvalue weighted by molar-refractivity contribution is -0.418. The first-order valence-electron chi connectivity index (χ1n) is 10.7. The van der Waals surface area contributed by atoms with Crippen LogP contribution in [-0.2, 0) is 21.3 Å². The molecule has 0 radical (unpaired) electrons. The first-order chi connectivity index (χ1) is 16.2. The molecular formula is C22H25FN7O4+. The topological polar surface area (TPSA) is 140 Å². The molecule has 3 aromatic rings. The van der Waals surface area contributed by atoms with Gasteiger partial charge in [0.2, 0.25) is 5.82 Å². The standard InChI is InChI=1S/C22H24FN7O4/c1-12(2)19(24)21(31)33-11-15-10-30(22(32)34-15)14-5-6-16(17(23)8-14)13-4-7-18(25-9-13)20-26-28-29(3)27-20/h4-9,12,15,19H,10-11,24H2,1-3H3/p+1. The van der Waals surface area contributed by atoms with Crippen LogP contribution >= 0.6 is 0 Å². The fraction of sp³-hybridized carbons (Fsp3) is 0.364. The molecule has 12 heteroatoms. The number of amides is 1. The van der Waals surface area contributed by atoms with Crippen LogP contribution in [0.5, 0.6) is 0 Å². The van der Waals surface area contributed by atoms with Gasteiger partial charge in [0.15, 0.2) is 12.1 Å². The highest BCUT2D eigenvalue weighted by Crippen LogP contribution is 2.29. The summed E-state index contributed by atoms with van der Waals surface area (Å²) >= 11 is 0. The molecule has 3 heterocycles. The summed E-state index contributed by atoms with van der Waals surface area (Å²) < 4.78 is 25.4. The molecule has 1 saturated heterocycles. The van der Waals surface area contributed by atoms with Gasteiger partial charge in [-0.3, -0.25) is 9.88 Å². The highest BCUT2D eigenvalue weighted by Gasteiger charge is 2.34. The normalized spacial score (nSPS) is 16.6. The van der Waals surface area contributed by atoms with E-state index in [-0.39, 0.29) is 19.1 Å². The van der Waals surface area contributed by atoms with Crippen LogP contribution in [0.2, 0.25) is 0 Å². The Labute approximate surface area is 194 Å². The van der Waals surface area contributed by atoms with Crippen LogP contribution in [0, 0.1) is 11.7 Å². The van der Waals surface area contributed by atoms with E-state index in [9.17, 15) is 14.0 Å². The highest BCUT2D eigenvalue weighted by atomic mass is 19.1. The average molecular weight is 470 g/mol. The van der Waals surface area contributed by atoms with Crippen molar-refractivity contribution in [3.05, 3.63) is 42.3 Å². The van der Waals surface area contributed by atoms with Crippen LogP contribution in [0.1, 0.15) is 13.8 Å². The number of carbonyl (C=O) groups is 2. The first-order valence-corrected chi connectivity index (χ1v) is 10.7. The third kappa shape index (κ3) is 4.86. The van der Waals surface area contributed by atoms with Crippen LogP contribution in [0.3, 0.4) is 0 Å². The quantitative estimate of drug-likeness (QED) is 0.508.